The third kappa shape index (κ3) is 5.71. The molecule has 0 saturated carbocycles. The van der Waals surface area contributed by atoms with Crippen LogP contribution in [-0.2, 0) is 4.74 Å². The van der Waals surface area contributed by atoms with Crippen molar-refractivity contribution in [3.63, 3.8) is 0 Å². The van der Waals surface area contributed by atoms with Crippen molar-refractivity contribution in [3.8, 4) is 0 Å². The minimum atomic E-state index is 0.291. The van der Waals surface area contributed by atoms with E-state index in [1.54, 1.807) is 0 Å². The number of ether oxygens (including phenoxy) is 1. The Morgan fingerprint density at radius 3 is 2.50 bits per heavy atom. The molecule has 3 heteroatoms. The van der Waals surface area contributed by atoms with E-state index in [4.69, 9.17) is 4.74 Å². The lowest BCUT2D eigenvalue weighted by Gasteiger charge is -2.47. The number of hydrogen-bond donors (Lipinski definition) is 1. The molecule has 1 heterocycles. The lowest BCUT2D eigenvalue weighted by molar-refractivity contribution is 0.0491. The molecule has 2 atom stereocenters. The Morgan fingerprint density at radius 2 is 1.95 bits per heavy atom. The molecule has 0 radical (unpaired) electrons. The molecule has 3 nitrogen and oxygen atoms in total. The second-order valence-electron chi connectivity index (χ2n) is 7.20. The zero-order valence-corrected chi connectivity index (χ0v) is 14.5. The third-order valence-corrected chi connectivity index (χ3v) is 4.60. The normalized spacial score (nSPS) is 28.5. The fourth-order valence-electron chi connectivity index (χ4n) is 2.98. The lowest BCUT2D eigenvalue weighted by atomic mass is 9.90. The first kappa shape index (κ1) is 17.9. The highest BCUT2D eigenvalue weighted by Crippen LogP contribution is 2.23. The molecule has 1 fully saturated rings. The maximum Gasteiger partial charge on any atom is 0.0518 e. The lowest BCUT2D eigenvalue weighted by Crippen LogP contribution is -2.64. The van der Waals surface area contributed by atoms with Crippen LogP contribution in [0.1, 0.15) is 60.8 Å². The van der Waals surface area contributed by atoms with Gasteiger partial charge in [0, 0.05) is 31.3 Å². The first-order chi connectivity index (χ1) is 9.38. The van der Waals surface area contributed by atoms with Gasteiger partial charge >= 0.3 is 0 Å². The van der Waals surface area contributed by atoms with Crippen molar-refractivity contribution in [2.45, 2.75) is 78.5 Å². The van der Waals surface area contributed by atoms with Gasteiger partial charge in [-0.3, -0.25) is 4.90 Å². The highest BCUT2D eigenvalue weighted by molar-refractivity contribution is 4.95. The summed E-state index contributed by atoms with van der Waals surface area (Å²) in [6, 6.07) is 0.681. The Balaban J connectivity index is 2.40. The maximum atomic E-state index is 5.64. The van der Waals surface area contributed by atoms with Gasteiger partial charge in [-0.05, 0) is 52.5 Å². The van der Waals surface area contributed by atoms with Crippen molar-refractivity contribution in [1.82, 2.24) is 10.2 Å². The molecule has 1 rings (SSSR count). The first-order valence-corrected chi connectivity index (χ1v) is 8.48. The van der Waals surface area contributed by atoms with Crippen molar-refractivity contribution in [3.05, 3.63) is 0 Å². The molecule has 0 amide bonds. The third-order valence-electron chi connectivity index (χ3n) is 4.60. The van der Waals surface area contributed by atoms with E-state index in [1.165, 1.54) is 32.4 Å². The molecule has 1 N–H and O–H groups in total. The number of unbranched alkanes of at least 4 members (excludes halogenated alkanes) is 1. The monoisotopic (exact) mass is 284 g/mol. The molecule has 1 aliphatic heterocycles. The molecule has 0 spiro atoms. The molecule has 0 bridgehead atoms. The summed E-state index contributed by atoms with van der Waals surface area (Å²) in [5.74, 6) is 0.718. The van der Waals surface area contributed by atoms with Crippen LogP contribution in [0.2, 0.25) is 0 Å². The Bertz CT molecular complexity index is 268. The molecule has 2 unspecified atom stereocenters. The molecule has 0 aromatic heterocycles. The van der Waals surface area contributed by atoms with Crippen molar-refractivity contribution in [2.75, 3.05) is 26.2 Å². The Hall–Kier alpha value is -0.120. The summed E-state index contributed by atoms with van der Waals surface area (Å²) < 4.78 is 5.64. The molecule has 20 heavy (non-hydrogen) atoms. The number of hydrogen-bond acceptors (Lipinski definition) is 3. The fraction of sp³-hybridized carbons (Fsp3) is 1.00. The summed E-state index contributed by atoms with van der Waals surface area (Å²) in [5, 5.41) is 3.76. The van der Waals surface area contributed by atoms with Gasteiger partial charge in [-0.15, -0.1) is 0 Å². The largest absolute Gasteiger partial charge is 0.379 e. The van der Waals surface area contributed by atoms with Crippen molar-refractivity contribution >= 4 is 0 Å². The second kappa shape index (κ2) is 8.35. The van der Waals surface area contributed by atoms with E-state index in [0.29, 0.717) is 17.7 Å². The first-order valence-electron chi connectivity index (χ1n) is 8.48. The number of rotatable bonds is 8. The molecule has 0 aromatic rings. The average molecular weight is 284 g/mol. The van der Waals surface area contributed by atoms with Crippen molar-refractivity contribution in [1.29, 1.82) is 0 Å². The van der Waals surface area contributed by atoms with Gasteiger partial charge in [0.05, 0.1) is 6.10 Å². The predicted molar refractivity (Wildman–Crippen MR) is 87.2 cm³/mol. The fourth-order valence-corrected chi connectivity index (χ4v) is 2.98. The molecular formula is C17H36N2O. The van der Waals surface area contributed by atoms with Gasteiger partial charge in [0.2, 0.25) is 0 Å². The van der Waals surface area contributed by atoms with Gasteiger partial charge < -0.3 is 10.1 Å². The molecule has 0 aromatic carbocycles. The molecule has 1 saturated heterocycles. The van der Waals surface area contributed by atoms with E-state index in [1.807, 2.05) is 0 Å². The standard InChI is InChI=1S/C17H36N2O/c1-7-17(6)13-19(16(12-18-17)14(2)3)10-8-9-11-20-15(4)5/h14-16,18H,7-13H2,1-6H3. The highest BCUT2D eigenvalue weighted by atomic mass is 16.5. The van der Waals surface area contributed by atoms with Gasteiger partial charge in [-0.1, -0.05) is 20.8 Å². The number of nitrogens with zero attached hydrogens (tertiary/aromatic N) is 1. The van der Waals surface area contributed by atoms with E-state index < -0.39 is 0 Å². The van der Waals surface area contributed by atoms with Gasteiger partial charge in [-0.2, -0.15) is 0 Å². The Kier molecular flexibility index (Phi) is 7.49. The smallest absolute Gasteiger partial charge is 0.0518 e. The topological polar surface area (TPSA) is 24.5 Å². The van der Waals surface area contributed by atoms with Gasteiger partial charge in [0.25, 0.3) is 0 Å². The number of piperazine rings is 1. The minimum Gasteiger partial charge on any atom is -0.379 e. The van der Waals surface area contributed by atoms with E-state index in [0.717, 1.165) is 19.1 Å². The summed E-state index contributed by atoms with van der Waals surface area (Å²) in [7, 11) is 0. The van der Waals surface area contributed by atoms with Crippen LogP contribution in [0.25, 0.3) is 0 Å². The maximum absolute atomic E-state index is 5.64. The minimum absolute atomic E-state index is 0.291. The van der Waals surface area contributed by atoms with Gasteiger partial charge in [0.15, 0.2) is 0 Å². The molecule has 0 aliphatic carbocycles. The second-order valence-corrected chi connectivity index (χ2v) is 7.20. The van der Waals surface area contributed by atoms with Crippen molar-refractivity contribution < 1.29 is 4.74 Å². The quantitative estimate of drug-likeness (QED) is 0.692. The molecular weight excluding hydrogens is 248 g/mol. The van der Waals surface area contributed by atoms with Crippen LogP contribution in [0.4, 0.5) is 0 Å². The van der Waals surface area contributed by atoms with E-state index in [9.17, 15) is 0 Å². The molecule has 120 valence electrons. The summed E-state index contributed by atoms with van der Waals surface area (Å²) >= 11 is 0. The Morgan fingerprint density at radius 1 is 1.25 bits per heavy atom. The summed E-state index contributed by atoms with van der Waals surface area (Å²) in [5.41, 5.74) is 0.291. The van der Waals surface area contributed by atoms with Crippen LogP contribution in [0, 0.1) is 5.92 Å². The predicted octanol–water partition coefficient (Wildman–Crippen LogP) is 3.29. The highest BCUT2D eigenvalue weighted by Gasteiger charge is 2.35. The van der Waals surface area contributed by atoms with Crippen LogP contribution in [-0.4, -0.2) is 48.8 Å². The molecule has 1 aliphatic rings. The van der Waals surface area contributed by atoms with Crippen LogP contribution in [0.5, 0.6) is 0 Å². The van der Waals surface area contributed by atoms with Crippen molar-refractivity contribution in [2.24, 2.45) is 5.92 Å². The number of nitrogens with one attached hydrogen (secondary N) is 1. The van der Waals surface area contributed by atoms with E-state index in [2.05, 4.69) is 51.8 Å². The van der Waals surface area contributed by atoms with Crippen LogP contribution < -0.4 is 5.32 Å². The average Bonchev–Trinajstić information content (AvgIpc) is 2.37. The van der Waals surface area contributed by atoms with Crippen LogP contribution >= 0.6 is 0 Å². The summed E-state index contributed by atoms with van der Waals surface area (Å²) in [4.78, 5) is 2.71. The van der Waals surface area contributed by atoms with Gasteiger partial charge in [-0.25, -0.2) is 0 Å². The zero-order valence-electron chi connectivity index (χ0n) is 14.5. The van der Waals surface area contributed by atoms with E-state index in [-0.39, 0.29) is 0 Å². The van der Waals surface area contributed by atoms with E-state index >= 15 is 0 Å². The Labute approximate surface area is 126 Å². The summed E-state index contributed by atoms with van der Waals surface area (Å²) in [6.45, 7) is 18.0. The summed E-state index contributed by atoms with van der Waals surface area (Å²) in [6.07, 6.45) is 3.98. The van der Waals surface area contributed by atoms with Crippen LogP contribution in [0.3, 0.4) is 0 Å². The van der Waals surface area contributed by atoms with Crippen LogP contribution in [0.15, 0.2) is 0 Å². The SMILES string of the molecule is CCC1(C)CN(CCCCOC(C)C)C(C(C)C)CN1. The zero-order chi connectivity index (χ0) is 15.2. The van der Waals surface area contributed by atoms with Gasteiger partial charge in [0.1, 0.15) is 0 Å².